The second-order valence-electron chi connectivity index (χ2n) is 9.44. The molecule has 2 aliphatic rings. The largest absolute Gasteiger partial charge is 0.491 e. The van der Waals surface area contributed by atoms with E-state index in [0.717, 1.165) is 51.0 Å². The number of nitrogens with two attached hydrogens (primary N) is 1. The van der Waals surface area contributed by atoms with Gasteiger partial charge in [0.25, 0.3) is 0 Å². The van der Waals surface area contributed by atoms with Gasteiger partial charge in [-0.1, -0.05) is 19.0 Å². The van der Waals surface area contributed by atoms with Gasteiger partial charge in [-0.25, -0.2) is 4.39 Å². The highest BCUT2D eigenvalue weighted by Gasteiger charge is 2.27. The molecule has 0 radical (unpaired) electrons. The molecule has 2 fully saturated rings. The first-order valence-corrected chi connectivity index (χ1v) is 12.0. The number of carbonyl (C=O) groups excluding carboxylic acids is 1. The minimum Gasteiger partial charge on any atom is -0.491 e. The molecule has 2 aliphatic heterocycles. The summed E-state index contributed by atoms with van der Waals surface area (Å²) >= 11 is 0. The molecule has 9 heteroatoms. The van der Waals surface area contributed by atoms with Crippen LogP contribution in [0.2, 0.25) is 0 Å². The van der Waals surface area contributed by atoms with Crippen LogP contribution in [-0.2, 0) is 0 Å². The van der Waals surface area contributed by atoms with Crippen molar-refractivity contribution in [1.29, 1.82) is 0 Å². The van der Waals surface area contributed by atoms with Gasteiger partial charge in [0, 0.05) is 38.1 Å². The van der Waals surface area contributed by atoms with E-state index in [2.05, 4.69) is 28.9 Å². The van der Waals surface area contributed by atoms with Crippen LogP contribution in [0.25, 0.3) is 0 Å². The number of carbonyl (C=O) groups is 1. The van der Waals surface area contributed by atoms with Gasteiger partial charge in [0.05, 0.1) is 12.2 Å². The first-order valence-electron chi connectivity index (χ1n) is 12.0. The van der Waals surface area contributed by atoms with Crippen LogP contribution in [0.5, 0.6) is 5.75 Å². The van der Waals surface area contributed by atoms with Crippen molar-refractivity contribution in [3.8, 4) is 5.75 Å². The van der Waals surface area contributed by atoms with Crippen LogP contribution in [0.15, 0.2) is 16.7 Å². The van der Waals surface area contributed by atoms with Crippen LogP contribution in [-0.4, -0.2) is 55.3 Å². The maximum atomic E-state index is 14.9. The van der Waals surface area contributed by atoms with Gasteiger partial charge in [0.2, 0.25) is 0 Å². The van der Waals surface area contributed by atoms with Gasteiger partial charge in [-0.2, -0.15) is 4.98 Å². The lowest BCUT2D eigenvalue weighted by atomic mass is 9.92. The molecule has 2 N–H and O–H groups in total. The Hall–Kier alpha value is -2.68. The van der Waals surface area contributed by atoms with Crippen molar-refractivity contribution in [1.82, 2.24) is 10.1 Å². The average molecular weight is 460 g/mol. The molecule has 3 heterocycles. The third-order valence-corrected chi connectivity index (χ3v) is 6.62. The lowest BCUT2D eigenvalue weighted by Gasteiger charge is -2.30. The summed E-state index contributed by atoms with van der Waals surface area (Å²) in [5.74, 6) is 1.58. The predicted molar refractivity (Wildman–Crippen MR) is 125 cm³/mol. The zero-order valence-corrected chi connectivity index (χ0v) is 19.5. The fourth-order valence-electron chi connectivity index (χ4n) is 4.61. The van der Waals surface area contributed by atoms with Gasteiger partial charge in [0.1, 0.15) is 11.4 Å². The Balaban J connectivity index is 1.26. The number of benzene rings is 1. The summed E-state index contributed by atoms with van der Waals surface area (Å²) in [6.07, 6.45) is 5.42. The summed E-state index contributed by atoms with van der Waals surface area (Å²) in [6.45, 7) is 7.65. The number of hydrogen-bond acceptors (Lipinski definition) is 8. The molecular formula is C24H34FN5O3. The second kappa shape index (κ2) is 10.5. The maximum Gasteiger partial charge on any atom is 0.324 e. The Morgan fingerprint density at radius 3 is 2.64 bits per heavy atom. The van der Waals surface area contributed by atoms with Crippen molar-refractivity contribution in [2.45, 2.75) is 57.9 Å². The highest BCUT2D eigenvalue weighted by molar-refractivity contribution is 5.80. The molecule has 0 saturated carbocycles. The van der Waals surface area contributed by atoms with E-state index >= 15 is 0 Å². The highest BCUT2D eigenvalue weighted by atomic mass is 19.1. The van der Waals surface area contributed by atoms with Crippen LogP contribution in [0.1, 0.15) is 68.1 Å². The molecule has 4 rings (SSSR count). The van der Waals surface area contributed by atoms with Crippen LogP contribution >= 0.6 is 0 Å². The average Bonchev–Trinajstić information content (AvgIpc) is 3.47. The number of aldehydes is 1. The number of ether oxygens (including phenoxy) is 1. The number of halogens is 1. The van der Waals surface area contributed by atoms with E-state index < -0.39 is 5.82 Å². The minimum absolute atomic E-state index is 0.00660. The molecule has 33 heavy (non-hydrogen) atoms. The van der Waals surface area contributed by atoms with Gasteiger partial charge in [0.15, 0.2) is 17.9 Å². The van der Waals surface area contributed by atoms with Crippen molar-refractivity contribution < 1.29 is 18.4 Å². The molecule has 1 aromatic carbocycles. The van der Waals surface area contributed by atoms with E-state index in [-0.39, 0.29) is 17.5 Å². The quantitative estimate of drug-likeness (QED) is 0.447. The molecule has 2 aromatic rings. The number of anilines is 2. The molecule has 2 saturated heterocycles. The van der Waals surface area contributed by atoms with Crippen LogP contribution in [0.4, 0.5) is 16.1 Å². The topological polar surface area (TPSA) is 97.7 Å². The van der Waals surface area contributed by atoms with E-state index in [0.29, 0.717) is 49.4 Å². The summed E-state index contributed by atoms with van der Waals surface area (Å²) < 4.78 is 26.3. The monoisotopic (exact) mass is 459 g/mol. The zero-order valence-electron chi connectivity index (χ0n) is 19.5. The van der Waals surface area contributed by atoms with E-state index in [1.54, 1.807) is 6.07 Å². The van der Waals surface area contributed by atoms with Crippen LogP contribution < -0.4 is 20.3 Å². The second-order valence-corrected chi connectivity index (χ2v) is 9.44. The minimum atomic E-state index is -0.523. The van der Waals surface area contributed by atoms with Crippen molar-refractivity contribution >= 4 is 18.0 Å². The number of piperidine rings is 1. The Labute approximate surface area is 194 Å². The molecule has 0 unspecified atom stereocenters. The lowest BCUT2D eigenvalue weighted by molar-refractivity contribution is 0.112. The Morgan fingerprint density at radius 1 is 1.24 bits per heavy atom. The molecule has 0 aliphatic carbocycles. The van der Waals surface area contributed by atoms with E-state index in [4.69, 9.17) is 15.0 Å². The Kier molecular flexibility index (Phi) is 7.47. The van der Waals surface area contributed by atoms with Gasteiger partial charge >= 0.3 is 6.01 Å². The van der Waals surface area contributed by atoms with E-state index in [1.165, 1.54) is 6.07 Å². The number of hydrogen-bond donors (Lipinski definition) is 1. The number of nitrogens with zero attached hydrogens (tertiary/aromatic N) is 4. The normalized spacial score (nSPS) is 19.5. The molecule has 1 atom stereocenters. The lowest BCUT2D eigenvalue weighted by Crippen LogP contribution is -2.34. The van der Waals surface area contributed by atoms with Crippen LogP contribution in [0.3, 0.4) is 0 Å². The molecular weight excluding hydrogens is 425 g/mol. The summed E-state index contributed by atoms with van der Waals surface area (Å²) in [4.78, 5) is 19.8. The molecule has 0 bridgehead atoms. The first-order chi connectivity index (χ1) is 16.0. The van der Waals surface area contributed by atoms with Crippen molar-refractivity contribution in [2.24, 2.45) is 11.7 Å². The van der Waals surface area contributed by atoms with Gasteiger partial charge in [-0.15, -0.1) is 0 Å². The zero-order chi connectivity index (χ0) is 23.4. The number of rotatable bonds is 9. The standard InChI is InChI=1S/C24H34FN5O3/c1-16(2)23-27-24(33-28-23)29-10-7-17(8-11-29)4-3-13-32-20-6-5-18(15-31)21(25)22(20)30-12-9-19(26)14-30/h5-6,15-17,19H,3-4,7-14,26H2,1-2H3/t19-/m0/s1. The fraction of sp³-hybridized carbons (Fsp3) is 0.625. The molecule has 180 valence electrons. The Morgan fingerprint density at radius 2 is 2.00 bits per heavy atom. The summed E-state index contributed by atoms with van der Waals surface area (Å²) in [6, 6.07) is 3.80. The summed E-state index contributed by atoms with van der Waals surface area (Å²) in [7, 11) is 0. The van der Waals surface area contributed by atoms with Crippen LogP contribution in [0, 0.1) is 11.7 Å². The highest BCUT2D eigenvalue weighted by Crippen LogP contribution is 2.35. The number of aromatic nitrogens is 2. The van der Waals surface area contributed by atoms with Gasteiger partial charge in [-0.05, 0) is 50.2 Å². The molecule has 0 spiro atoms. The van der Waals surface area contributed by atoms with E-state index in [1.807, 2.05) is 4.90 Å². The molecule has 8 nitrogen and oxygen atoms in total. The predicted octanol–water partition coefficient (Wildman–Crippen LogP) is 3.76. The van der Waals surface area contributed by atoms with Crippen molar-refractivity contribution in [2.75, 3.05) is 42.6 Å². The molecule has 1 aromatic heterocycles. The fourth-order valence-corrected chi connectivity index (χ4v) is 4.61. The van der Waals surface area contributed by atoms with Crippen molar-refractivity contribution in [3.63, 3.8) is 0 Å². The smallest absolute Gasteiger partial charge is 0.324 e. The van der Waals surface area contributed by atoms with Gasteiger partial charge in [-0.3, -0.25) is 4.79 Å². The first kappa shape index (κ1) is 23.5. The van der Waals surface area contributed by atoms with Crippen molar-refractivity contribution in [3.05, 3.63) is 29.3 Å². The molecule has 0 amide bonds. The SMILES string of the molecule is CC(C)c1noc(N2CCC(CCCOc3ccc(C=O)c(F)c3N3CC[C@H](N)C3)CC2)n1. The summed E-state index contributed by atoms with van der Waals surface area (Å²) in [5.41, 5.74) is 6.42. The third kappa shape index (κ3) is 5.46. The maximum absolute atomic E-state index is 14.9. The third-order valence-electron chi connectivity index (χ3n) is 6.62. The Bertz CT molecular complexity index is 942. The van der Waals surface area contributed by atoms with Gasteiger partial charge < -0.3 is 24.8 Å². The summed E-state index contributed by atoms with van der Waals surface area (Å²) in [5, 5.41) is 4.06. The van der Waals surface area contributed by atoms with E-state index in [9.17, 15) is 9.18 Å².